The average Bonchev–Trinajstić information content (AvgIpc) is 3.16. The van der Waals surface area contributed by atoms with Gasteiger partial charge in [-0.25, -0.2) is 4.39 Å². The number of nitrogens with zero attached hydrogens (tertiary/aromatic N) is 2. The molecule has 1 amide bonds. The molecule has 0 radical (unpaired) electrons. The molecule has 0 atom stereocenters. The molecular weight excluding hydrogens is 384 g/mol. The van der Waals surface area contributed by atoms with Crippen LogP contribution in [0.2, 0.25) is 5.02 Å². The number of anilines is 1. The maximum Gasteiger partial charge on any atom is 0.230 e. The molecule has 0 saturated heterocycles. The fourth-order valence-electron chi connectivity index (χ4n) is 2.82. The lowest BCUT2D eigenvalue weighted by Gasteiger charge is -2.07. The lowest BCUT2D eigenvalue weighted by atomic mass is 10.2. The molecule has 1 N–H and O–H groups in total. The molecule has 0 unspecified atom stereocenters. The van der Waals surface area contributed by atoms with Crippen LogP contribution in [-0.2, 0) is 18.3 Å². The van der Waals surface area contributed by atoms with Crippen LogP contribution in [0.15, 0.2) is 28.6 Å². The summed E-state index contributed by atoms with van der Waals surface area (Å²) in [5, 5.41) is 4.82. The first kappa shape index (κ1) is 19.9. The van der Waals surface area contributed by atoms with Crippen LogP contribution in [0.4, 0.5) is 10.1 Å². The number of nitrogens with one attached hydrogen (secondary N) is 1. The highest BCUT2D eigenvalue weighted by Crippen LogP contribution is 2.21. The lowest BCUT2D eigenvalue weighted by Crippen LogP contribution is -2.21. The second-order valence-electron chi connectivity index (χ2n) is 5.99. The van der Waals surface area contributed by atoms with Gasteiger partial charge in [-0.15, -0.1) is 23.7 Å². The number of benzene rings is 1. The third-order valence-corrected chi connectivity index (χ3v) is 5.40. The summed E-state index contributed by atoms with van der Waals surface area (Å²) in [6, 6.07) is 4.59. The zero-order valence-corrected chi connectivity index (χ0v) is 16.2. The molecular formula is C17H20Cl2FN3OS. The maximum atomic E-state index is 13.7. The van der Waals surface area contributed by atoms with Crippen LogP contribution in [0, 0.1) is 5.82 Å². The first-order valence-electron chi connectivity index (χ1n) is 7.95. The molecule has 1 aromatic heterocycles. The fraction of sp³-hybridized carbons (Fsp3) is 0.412. The first-order chi connectivity index (χ1) is 11.5. The van der Waals surface area contributed by atoms with Crippen molar-refractivity contribution < 1.29 is 9.18 Å². The van der Waals surface area contributed by atoms with Crippen LogP contribution in [0.25, 0.3) is 0 Å². The van der Waals surface area contributed by atoms with Gasteiger partial charge in [0, 0.05) is 23.1 Å². The molecule has 2 aromatic rings. The molecule has 0 bridgehead atoms. The molecule has 1 saturated carbocycles. The molecule has 0 aliphatic heterocycles. The molecule has 1 aliphatic carbocycles. The molecule has 136 valence electrons. The normalized spacial score (nSPS) is 15.2. The van der Waals surface area contributed by atoms with E-state index in [1.807, 2.05) is 17.0 Å². The minimum Gasteiger partial charge on any atom is -0.324 e. The standard InChI is InChI=1S/C17H19ClFN3OS.ClH/c1-22-13(10-24-17(22)20-12-4-2-3-5-12)9-16(23)21-15-7-6-11(18)8-14(15)19;/h6-8,10,12H,2-5,9H2,1H3,(H,21,23);1H. The molecule has 4 nitrogen and oxygen atoms in total. The minimum absolute atomic E-state index is 0. The number of amides is 1. The lowest BCUT2D eigenvalue weighted by molar-refractivity contribution is -0.115. The van der Waals surface area contributed by atoms with Gasteiger partial charge in [-0.05, 0) is 31.0 Å². The Hall–Kier alpha value is -1.37. The number of thiazole rings is 1. The van der Waals surface area contributed by atoms with Gasteiger partial charge in [0.25, 0.3) is 0 Å². The Morgan fingerprint density at radius 1 is 1.44 bits per heavy atom. The SMILES string of the molecule is Cl.Cn1c(CC(=O)Nc2ccc(Cl)cc2F)csc1=NC1CCCC1. The van der Waals surface area contributed by atoms with Crippen molar-refractivity contribution in [1.82, 2.24) is 4.57 Å². The molecule has 1 heterocycles. The molecule has 3 rings (SSSR count). The summed E-state index contributed by atoms with van der Waals surface area (Å²) in [6.45, 7) is 0. The van der Waals surface area contributed by atoms with E-state index in [-0.39, 0.29) is 30.4 Å². The maximum absolute atomic E-state index is 13.7. The van der Waals surface area contributed by atoms with Crippen molar-refractivity contribution in [2.75, 3.05) is 5.32 Å². The third kappa shape index (κ3) is 5.06. The van der Waals surface area contributed by atoms with E-state index in [4.69, 9.17) is 16.6 Å². The van der Waals surface area contributed by atoms with Gasteiger partial charge < -0.3 is 9.88 Å². The number of rotatable bonds is 4. The zero-order valence-electron chi connectivity index (χ0n) is 13.8. The van der Waals surface area contributed by atoms with Crippen molar-refractivity contribution in [2.24, 2.45) is 12.0 Å². The summed E-state index contributed by atoms with van der Waals surface area (Å²) in [5.74, 6) is -0.806. The van der Waals surface area contributed by atoms with Crippen LogP contribution in [0.1, 0.15) is 31.4 Å². The predicted molar refractivity (Wildman–Crippen MR) is 102 cm³/mol. The Labute approximate surface area is 161 Å². The Balaban J connectivity index is 0.00000225. The van der Waals surface area contributed by atoms with Crippen molar-refractivity contribution in [3.05, 3.63) is 44.9 Å². The van der Waals surface area contributed by atoms with Crippen molar-refractivity contribution in [2.45, 2.75) is 38.1 Å². The van der Waals surface area contributed by atoms with Crippen LogP contribution >= 0.6 is 35.3 Å². The smallest absolute Gasteiger partial charge is 0.230 e. The number of halogens is 3. The fourth-order valence-corrected chi connectivity index (χ4v) is 3.95. The van der Waals surface area contributed by atoms with Gasteiger partial charge in [0.15, 0.2) is 4.80 Å². The van der Waals surface area contributed by atoms with Gasteiger partial charge in [0.1, 0.15) is 5.82 Å². The summed E-state index contributed by atoms with van der Waals surface area (Å²) in [7, 11) is 1.91. The second-order valence-corrected chi connectivity index (χ2v) is 7.26. The highest BCUT2D eigenvalue weighted by Gasteiger charge is 2.15. The number of aromatic nitrogens is 1. The third-order valence-electron chi connectivity index (χ3n) is 4.18. The number of carbonyl (C=O) groups excluding carboxylic acids is 1. The van der Waals surface area contributed by atoms with E-state index >= 15 is 0 Å². The molecule has 1 aromatic carbocycles. The van der Waals surface area contributed by atoms with Crippen LogP contribution < -0.4 is 10.1 Å². The van der Waals surface area contributed by atoms with Gasteiger partial charge in [0.05, 0.1) is 18.2 Å². The average molecular weight is 404 g/mol. The highest BCUT2D eigenvalue weighted by molar-refractivity contribution is 7.07. The molecule has 1 aliphatic rings. The van der Waals surface area contributed by atoms with E-state index in [1.54, 1.807) is 17.4 Å². The van der Waals surface area contributed by atoms with E-state index < -0.39 is 5.82 Å². The zero-order chi connectivity index (χ0) is 17.1. The molecule has 1 fully saturated rings. The highest BCUT2D eigenvalue weighted by atomic mass is 35.5. The molecule has 8 heteroatoms. The van der Waals surface area contributed by atoms with Gasteiger partial charge in [-0.3, -0.25) is 9.79 Å². The second kappa shape index (κ2) is 8.83. The molecule has 25 heavy (non-hydrogen) atoms. The summed E-state index contributed by atoms with van der Waals surface area (Å²) < 4.78 is 15.7. The summed E-state index contributed by atoms with van der Waals surface area (Å²) in [4.78, 5) is 17.9. The first-order valence-corrected chi connectivity index (χ1v) is 9.21. The van der Waals surface area contributed by atoms with E-state index in [9.17, 15) is 9.18 Å². The van der Waals surface area contributed by atoms with Gasteiger partial charge in [0.2, 0.25) is 5.91 Å². The van der Waals surface area contributed by atoms with Crippen LogP contribution in [0.3, 0.4) is 0 Å². The topological polar surface area (TPSA) is 46.4 Å². The Bertz CT molecular complexity index is 812. The summed E-state index contributed by atoms with van der Waals surface area (Å²) in [5.41, 5.74) is 1.00. The van der Waals surface area contributed by atoms with E-state index in [0.717, 1.165) is 23.3 Å². The largest absolute Gasteiger partial charge is 0.324 e. The number of carbonyl (C=O) groups is 1. The summed E-state index contributed by atoms with van der Waals surface area (Å²) in [6.07, 6.45) is 4.94. The van der Waals surface area contributed by atoms with E-state index in [1.165, 1.54) is 25.0 Å². The van der Waals surface area contributed by atoms with Gasteiger partial charge in [-0.2, -0.15) is 0 Å². The van der Waals surface area contributed by atoms with Crippen LogP contribution in [-0.4, -0.2) is 16.5 Å². The van der Waals surface area contributed by atoms with Crippen molar-refractivity contribution in [1.29, 1.82) is 0 Å². The molecule has 0 spiro atoms. The Morgan fingerprint density at radius 2 is 2.16 bits per heavy atom. The number of hydrogen-bond donors (Lipinski definition) is 1. The van der Waals surface area contributed by atoms with Gasteiger partial charge in [-0.1, -0.05) is 24.4 Å². The Morgan fingerprint density at radius 3 is 2.84 bits per heavy atom. The van der Waals surface area contributed by atoms with Crippen LogP contribution in [0.5, 0.6) is 0 Å². The number of hydrogen-bond acceptors (Lipinski definition) is 3. The monoisotopic (exact) mass is 403 g/mol. The van der Waals surface area contributed by atoms with Crippen molar-refractivity contribution in [3.63, 3.8) is 0 Å². The quantitative estimate of drug-likeness (QED) is 0.811. The van der Waals surface area contributed by atoms with E-state index in [0.29, 0.717) is 11.1 Å². The minimum atomic E-state index is -0.539. The van der Waals surface area contributed by atoms with Crippen molar-refractivity contribution >= 4 is 46.9 Å². The van der Waals surface area contributed by atoms with Gasteiger partial charge >= 0.3 is 0 Å². The van der Waals surface area contributed by atoms with E-state index in [2.05, 4.69) is 5.32 Å². The predicted octanol–water partition coefficient (Wildman–Crippen LogP) is 4.33. The summed E-state index contributed by atoms with van der Waals surface area (Å²) >= 11 is 7.25. The Kier molecular flexibility index (Phi) is 7.04. The van der Waals surface area contributed by atoms with Crippen molar-refractivity contribution in [3.8, 4) is 0 Å².